The molecule has 0 radical (unpaired) electrons. The number of carbonyl (C=O) groups excluding carboxylic acids is 2. The molecule has 19 heteroatoms. The fourth-order valence-electron chi connectivity index (χ4n) is 7.24. The molecule has 2 heterocycles. The number of sulfonamides is 1. The molecule has 2 amide bonds. The van der Waals surface area contributed by atoms with E-state index in [2.05, 4.69) is 11.6 Å². The Balaban J connectivity index is 0.000000234. The zero-order valence-electron chi connectivity index (χ0n) is 36.3. The van der Waals surface area contributed by atoms with Gasteiger partial charge in [-0.15, -0.1) is 0 Å². The number of hydrogen-bond donors (Lipinski definition) is 3. The van der Waals surface area contributed by atoms with Gasteiger partial charge in [-0.05, 0) is 41.8 Å². The Bertz CT molecular complexity index is 2310. The third-order valence-electron chi connectivity index (χ3n) is 10.3. The first-order valence-electron chi connectivity index (χ1n) is 19.3. The second kappa shape index (κ2) is 20.0. The predicted molar refractivity (Wildman–Crippen MR) is 230 cm³/mol. The number of anilines is 2. The van der Waals surface area contributed by atoms with E-state index >= 15 is 0 Å². The molecule has 18 nitrogen and oxygen atoms in total. The standard InChI is InChI=1S/C23H30N2O6.C20H24N2O8S/c1-6-7-10-31-17-11-14(8-9-16(17)27-2)21-20(24)23(26)25(21)15-12-18(28-3)22(30-5)19(13-15)29-4;1-27-14-7-6-11(8-13(14)23)18-17(21-31(5,25)26)20(24)22(18)12-9-15(28-2)19(30-4)16(10-12)29-3/h8-9,11-13,20-21H,6-7,10,24H2,1-5H3;6-10,17-18,21,23H,1-5H3/t20-,21-;17-,18-/m00/s1. The summed E-state index contributed by atoms with van der Waals surface area (Å²) in [6.07, 6.45) is 2.94. The van der Waals surface area contributed by atoms with Crippen LogP contribution in [-0.4, -0.2) is 107 Å². The SMILES string of the molecule is CCCCOc1cc([C@H]2[C@H](N)C(=O)N2c2cc(OC)c(OC)c(OC)c2)ccc1OC.COc1ccc([C@H]2[C@H](NS(C)(=O)=O)C(=O)N2c2cc(OC)c(OC)c(OC)c2)cc1O. The van der Waals surface area contributed by atoms with Crippen molar-refractivity contribution in [3.05, 3.63) is 71.8 Å². The Morgan fingerprint density at radius 3 is 1.48 bits per heavy atom. The Morgan fingerprint density at radius 1 is 0.613 bits per heavy atom. The van der Waals surface area contributed by atoms with Gasteiger partial charge in [0.1, 0.15) is 12.1 Å². The quantitative estimate of drug-likeness (QED) is 0.0909. The Hall–Kier alpha value is -6.31. The van der Waals surface area contributed by atoms with E-state index in [0.29, 0.717) is 69.5 Å². The van der Waals surface area contributed by atoms with Gasteiger partial charge in [-0.25, -0.2) is 13.1 Å². The van der Waals surface area contributed by atoms with Gasteiger partial charge in [0, 0.05) is 24.3 Å². The number of unbranched alkanes of at least 4 members (excludes halogenated alkanes) is 1. The number of rotatable bonds is 18. The summed E-state index contributed by atoms with van der Waals surface area (Å²) in [5, 5.41) is 10.2. The number of nitrogens with zero attached hydrogens (tertiary/aromatic N) is 2. The fraction of sp³-hybridized carbons (Fsp3) is 0.395. The van der Waals surface area contributed by atoms with E-state index < -0.39 is 34.1 Å². The zero-order valence-corrected chi connectivity index (χ0v) is 37.2. The molecular formula is C43H54N4O14S. The molecule has 0 aromatic heterocycles. The number of amides is 2. The predicted octanol–water partition coefficient (Wildman–Crippen LogP) is 4.75. The lowest BCUT2D eigenvalue weighted by atomic mass is 9.88. The van der Waals surface area contributed by atoms with Crippen molar-refractivity contribution in [1.29, 1.82) is 0 Å². The Labute approximate surface area is 361 Å². The monoisotopic (exact) mass is 882 g/mol. The summed E-state index contributed by atoms with van der Waals surface area (Å²) in [6.45, 7) is 2.69. The van der Waals surface area contributed by atoms with Crippen LogP contribution < -0.4 is 62.9 Å². The first kappa shape index (κ1) is 46.8. The summed E-state index contributed by atoms with van der Waals surface area (Å²) >= 11 is 0. The van der Waals surface area contributed by atoms with E-state index in [1.165, 1.54) is 60.7 Å². The molecule has 4 aromatic carbocycles. The lowest BCUT2D eigenvalue weighted by Gasteiger charge is -2.47. The Morgan fingerprint density at radius 2 is 1.06 bits per heavy atom. The van der Waals surface area contributed by atoms with Crippen LogP contribution in [0.3, 0.4) is 0 Å². The Kier molecular flexibility index (Phi) is 15.1. The molecule has 4 N–H and O–H groups in total. The normalized spacial score (nSPS) is 18.0. The van der Waals surface area contributed by atoms with Gasteiger partial charge in [-0.2, -0.15) is 0 Å². The van der Waals surface area contributed by atoms with E-state index in [9.17, 15) is 23.1 Å². The van der Waals surface area contributed by atoms with E-state index in [-0.39, 0.29) is 23.4 Å². The van der Waals surface area contributed by atoms with E-state index in [1.54, 1.807) is 48.4 Å². The molecule has 0 saturated carbocycles. The number of β-lactam (4-membered cyclic amide) rings is 2. The van der Waals surface area contributed by atoms with Crippen LogP contribution in [0, 0.1) is 0 Å². The minimum absolute atomic E-state index is 0.137. The minimum Gasteiger partial charge on any atom is -0.504 e. The summed E-state index contributed by atoms with van der Waals surface area (Å²) < 4.78 is 74.7. The maximum atomic E-state index is 13.0. The summed E-state index contributed by atoms with van der Waals surface area (Å²) in [5.41, 5.74) is 8.59. The topological polar surface area (TPSA) is 216 Å². The van der Waals surface area contributed by atoms with Gasteiger partial charge in [0.15, 0.2) is 46.0 Å². The number of nitrogens with two attached hydrogens (primary N) is 1. The molecule has 4 atom stereocenters. The average Bonchev–Trinajstić information content (AvgIpc) is 3.27. The van der Waals surface area contributed by atoms with Gasteiger partial charge in [-0.3, -0.25) is 9.59 Å². The number of phenols is 1. The molecule has 62 heavy (non-hydrogen) atoms. The first-order valence-corrected chi connectivity index (χ1v) is 21.2. The first-order chi connectivity index (χ1) is 29.6. The van der Waals surface area contributed by atoms with E-state index in [1.807, 2.05) is 18.2 Å². The van der Waals surface area contributed by atoms with Crippen molar-refractivity contribution in [1.82, 2.24) is 4.72 Å². The molecule has 2 fully saturated rings. The highest BCUT2D eigenvalue weighted by Crippen LogP contribution is 2.49. The number of hydrogen-bond acceptors (Lipinski definition) is 15. The second-order valence-electron chi connectivity index (χ2n) is 14.0. The van der Waals surface area contributed by atoms with Crippen LogP contribution in [0.4, 0.5) is 11.4 Å². The highest BCUT2D eigenvalue weighted by atomic mass is 32.2. The van der Waals surface area contributed by atoms with Gasteiger partial charge in [-0.1, -0.05) is 25.5 Å². The molecule has 0 aliphatic carbocycles. The van der Waals surface area contributed by atoms with Crippen LogP contribution >= 0.6 is 0 Å². The second-order valence-corrected chi connectivity index (χ2v) is 15.8. The van der Waals surface area contributed by atoms with Crippen molar-refractivity contribution < 1.29 is 65.7 Å². The van der Waals surface area contributed by atoms with Gasteiger partial charge < -0.3 is 63.3 Å². The van der Waals surface area contributed by atoms with Crippen LogP contribution in [0.15, 0.2) is 60.7 Å². The maximum Gasteiger partial charge on any atom is 0.248 e. The molecule has 2 aliphatic rings. The van der Waals surface area contributed by atoms with Gasteiger partial charge in [0.2, 0.25) is 33.3 Å². The molecule has 0 bridgehead atoms. The fourth-order valence-corrected chi connectivity index (χ4v) is 7.93. The lowest BCUT2D eigenvalue weighted by molar-refractivity contribution is -0.127. The van der Waals surface area contributed by atoms with Crippen LogP contribution in [0.25, 0.3) is 0 Å². The minimum atomic E-state index is -3.68. The molecule has 4 aromatic rings. The molecule has 2 aliphatic heterocycles. The number of carbonyl (C=O) groups is 2. The molecule has 2 saturated heterocycles. The van der Waals surface area contributed by atoms with Crippen molar-refractivity contribution in [3.8, 4) is 57.5 Å². The number of nitrogens with one attached hydrogen (secondary N) is 1. The number of methoxy groups -OCH3 is 8. The third-order valence-corrected chi connectivity index (χ3v) is 10.9. The summed E-state index contributed by atoms with van der Waals surface area (Å²) in [7, 11) is 8.30. The van der Waals surface area contributed by atoms with Crippen molar-refractivity contribution in [3.63, 3.8) is 0 Å². The van der Waals surface area contributed by atoms with Crippen LogP contribution in [0.5, 0.6) is 57.5 Å². The van der Waals surface area contributed by atoms with Crippen molar-refractivity contribution in [2.45, 2.75) is 43.9 Å². The zero-order chi connectivity index (χ0) is 45.5. The lowest BCUT2D eigenvalue weighted by Crippen LogP contribution is -2.65. The van der Waals surface area contributed by atoms with Crippen molar-refractivity contribution in [2.24, 2.45) is 5.73 Å². The highest BCUT2D eigenvalue weighted by Gasteiger charge is 2.51. The molecule has 336 valence electrons. The molecule has 0 unspecified atom stereocenters. The third kappa shape index (κ3) is 9.44. The average molecular weight is 883 g/mol. The smallest absolute Gasteiger partial charge is 0.248 e. The van der Waals surface area contributed by atoms with Crippen molar-refractivity contribution >= 4 is 33.2 Å². The van der Waals surface area contributed by atoms with Crippen LogP contribution in [0.2, 0.25) is 0 Å². The molecular weight excluding hydrogens is 829 g/mol. The van der Waals surface area contributed by atoms with Gasteiger partial charge in [0.05, 0.1) is 93.2 Å². The van der Waals surface area contributed by atoms with E-state index in [4.69, 9.17) is 48.4 Å². The number of benzene rings is 4. The summed E-state index contributed by atoms with van der Waals surface area (Å²) in [5.74, 6) is 3.12. The van der Waals surface area contributed by atoms with Crippen LogP contribution in [-0.2, 0) is 19.6 Å². The number of ether oxygens (including phenoxy) is 9. The van der Waals surface area contributed by atoms with Crippen molar-refractivity contribution in [2.75, 3.05) is 79.5 Å². The maximum absolute atomic E-state index is 13.0. The molecule has 6 rings (SSSR count). The van der Waals surface area contributed by atoms with E-state index in [0.717, 1.165) is 24.7 Å². The van der Waals surface area contributed by atoms with Gasteiger partial charge in [0.25, 0.3) is 0 Å². The summed E-state index contributed by atoms with van der Waals surface area (Å²) in [4.78, 5) is 28.8. The number of aromatic hydroxyl groups is 1. The molecule has 0 spiro atoms. The highest BCUT2D eigenvalue weighted by molar-refractivity contribution is 7.88. The van der Waals surface area contributed by atoms with Gasteiger partial charge >= 0.3 is 0 Å². The number of phenolic OH excluding ortho intramolecular Hbond substituents is 1. The largest absolute Gasteiger partial charge is 0.504 e. The van der Waals surface area contributed by atoms with Crippen LogP contribution in [0.1, 0.15) is 43.0 Å². The summed E-state index contributed by atoms with van der Waals surface area (Å²) in [6, 6.07) is 14.1.